The van der Waals surface area contributed by atoms with Crippen molar-refractivity contribution in [2.24, 2.45) is 41.4 Å². The molecule has 0 fully saturated rings. The Morgan fingerprint density at radius 3 is 1.27 bits per heavy atom. The maximum absolute atomic E-state index is 5.86. The van der Waals surface area contributed by atoms with E-state index < -0.39 is 0 Å². The molecule has 0 aliphatic rings. The van der Waals surface area contributed by atoms with Gasteiger partial charge in [-0.2, -0.15) is 0 Å². The average molecular weight is 489 g/mol. The minimum atomic E-state index is 0.458. The molecule has 0 rings (SSSR count). The van der Waals surface area contributed by atoms with E-state index in [9.17, 15) is 0 Å². The Bertz CT molecular complexity index is 416. The summed E-state index contributed by atoms with van der Waals surface area (Å²) >= 11 is 5.86. The molecule has 0 aromatic carbocycles. The molecule has 7 atom stereocenters. The van der Waals surface area contributed by atoms with Crippen LogP contribution in [0.15, 0.2) is 0 Å². The van der Waals surface area contributed by atoms with Gasteiger partial charge < -0.3 is 9.47 Å². The van der Waals surface area contributed by atoms with E-state index in [0.29, 0.717) is 6.79 Å². The van der Waals surface area contributed by atoms with Crippen molar-refractivity contribution < 1.29 is 9.47 Å². The predicted octanol–water partition coefficient (Wildman–Crippen LogP) is 9.98. The van der Waals surface area contributed by atoms with Gasteiger partial charge >= 0.3 is 0 Å². The summed E-state index contributed by atoms with van der Waals surface area (Å²) in [6.07, 6.45) is 14.2. The van der Waals surface area contributed by atoms with Gasteiger partial charge in [0.2, 0.25) is 0 Å². The Kier molecular flexibility index (Phi) is 21.6. The highest BCUT2D eigenvalue weighted by molar-refractivity contribution is 6.17. The summed E-state index contributed by atoms with van der Waals surface area (Å²) in [6, 6.07) is 0. The minimum Gasteiger partial charge on any atom is -0.355 e. The summed E-state index contributed by atoms with van der Waals surface area (Å²) in [4.78, 5) is 0. The first-order chi connectivity index (χ1) is 15.7. The summed E-state index contributed by atoms with van der Waals surface area (Å²) in [5.41, 5.74) is 0. The average Bonchev–Trinajstić information content (AvgIpc) is 2.70. The van der Waals surface area contributed by atoms with E-state index in [-0.39, 0.29) is 0 Å². The highest BCUT2D eigenvalue weighted by Gasteiger charge is 2.18. The normalized spacial score (nSPS) is 18.5. The first-order valence-corrected chi connectivity index (χ1v) is 14.9. The summed E-state index contributed by atoms with van der Waals surface area (Å²) in [5.74, 6) is 6.60. The molecule has 33 heavy (non-hydrogen) atoms. The standard InChI is InChI=1S/C30H61ClO2/c1-9-15-32-23-33-16-11-13-25(3)18-27(5)20-29(7)22-30(8)21-28(6)19-26(4)17-24(2)12-10-14-31/h24-30H,9-23H2,1-8H3. The van der Waals surface area contributed by atoms with Gasteiger partial charge in [-0.3, -0.25) is 0 Å². The fraction of sp³-hybridized carbons (Fsp3) is 1.00. The lowest BCUT2D eigenvalue weighted by Crippen LogP contribution is -2.14. The van der Waals surface area contributed by atoms with Crippen LogP contribution < -0.4 is 0 Å². The van der Waals surface area contributed by atoms with Crippen molar-refractivity contribution >= 4 is 11.6 Å². The van der Waals surface area contributed by atoms with Crippen molar-refractivity contribution in [3.63, 3.8) is 0 Å². The van der Waals surface area contributed by atoms with Crippen LogP contribution in [0.2, 0.25) is 0 Å². The maximum atomic E-state index is 5.86. The van der Waals surface area contributed by atoms with Crippen LogP contribution in [-0.2, 0) is 9.47 Å². The molecule has 0 aliphatic carbocycles. The molecule has 0 bridgehead atoms. The Balaban J connectivity index is 3.96. The molecule has 0 aromatic heterocycles. The van der Waals surface area contributed by atoms with Crippen molar-refractivity contribution in [2.75, 3.05) is 25.9 Å². The molecule has 200 valence electrons. The Hall–Kier alpha value is 0.210. The molecule has 3 heteroatoms. The van der Waals surface area contributed by atoms with E-state index in [0.717, 1.165) is 73.4 Å². The molecule has 0 spiro atoms. The topological polar surface area (TPSA) is 18.5 Å². The van der Waals surface area contributed by atoms with Crippen molar-refractivity contribution in [3.05, 3.63) is 0 Å². The number of ether oxygens (including phenoxy) is 2. The molecule has 7 unspecified atom stereocenters. The molecule has 0 radical (unpaired) electrons. The summed E-state index contributed by atoms with van der Waals surface area (Å²) in [7, 11) is 0. The molecule has 0 saturated carbocycles. The second-order valence-corrected chi connectivity index (χ2v) is 12.4. The van der Waals surface area contributed by atoms with Crippen LogP contribution in [0.1, 0.15) is 126 Å². The van der Waals surface area contributed by atoms with Gasteiger partial charge in [-0.25, -0.2) is 0 Å². The van der Waals surface area contributed by atoms with Crippen LogP contribution in [0, 0.1) is 41.4 Å². The number of rotatable bonds is 23. The third kappa shape index (κ3) is 21.2. The van der Waals surface area contributed by atoms with Crippen LogP contribution in [-0.4, -0.2) is 25.9 Å². The molecular weight excluding hydrogens is 428 g/mol. The molecule has 0 N–H and O–H groups in total. The molecule has 0 saturated heterocycles. The molecule has 0 amide bonds. The molecule has 2 nitrogen and oxygen atoms in total. The largest absolute Gasteiger partial charge is 0.355 e. The predicted molar refractivity (Wildman–Crippen MR) is 148 cm³/mol. The zero-order chi connectivity index (χ0) is 25.1. The van der Waals surface area contributed by atoms with Crippen LogP contribution in [0.3, 0.4) is 0 Å². The third-order valence-corrected chi connectivity index (χ3v) is 7.43. The van der Waals surface area contributed by atoms with Gasteiger partial charge in [0.15, 0.2) is 0 Å². The monoisotopic (exact) mass is 488 g/mol. The first kappa shape index (κ1) is 33.2. The van der Waals surface area contributed by atoms with Crippen molar-refractivity contribution in [1.29, 1.82) is 0 Å². The van der Waals surface area contributed by atoms with E-state index in [1.807, 2.05) is 0 Å². The molecule has 0 aliphatic heterocycles. The SMILES string of the molecule is CCCOCOCCCC(C)CC(C)CC(C)CC(C)CC(C)CC(C)CC(C)CCCCl. The fourth-order valence-corrected chi connectivity index (χ4v) is 6.27. The Morgan fingerprint density at radius 1 is 0.515 bits per heavy atom. The van der Waals surface area contributed by atoms with E-state index in [4.69, 9.17) is 21.1 Å². The second kappa shape index (κ2) is 21.5. The van der Waals surface area contributed by atoms with Crippen LogP contribution >= 0.6 is 11.6 Å². The minimum absolute atomic E-state index is 0.458. The fourth-order valence-electron chi connectivity index (χ4n) is 6.12. The van der Waals surface area contributed by atoms with E-state index in [2.05, 4.69) is 55.4 Å². The number of hydrogen-bond acceptors (Lipinski definition) is 2. The Labute approximate surface area is 214 Å². The van der Waals surface area contributed by atoms with Gasteiger partial charge in [0.05, 0.1) is 0 Å². The smallest absolute Gasteiger partial charge is 0.146 e. The number of halogens is 1. The zero-order valence-corrected chi connectivity index (χ0v) is 24.6. The van der Waals surface area contributed by atoms with Gasteiger partial charge in [-0.1, -0.05) is 55.4 Å². The zero-order valence-electron chi connectivity index (χ0n) is 23.8. The summed E-state index contributed by atoms with van der Waals surface area (Å²) < 4.78 is 10.9. The quantitative estimate of drug-likeness (QED) is 0.0808. The van der Waals surface area contributed by atoms with E-state index in [1.54, 1.807) is 0 Å². The highest BCUT2D eigenvalue weighted by Crippen LogP contribution is 2.30. The van der Waals surface area contributed by atoms with Gasteiger partial charge in [-0.15, -0.1) is 11.6 Å². The third-order valence-electron chi connectivity index (χ3n) is 7.16. The van der Waals surface area contributed by atoms with Crippen molar-refractivity contribution in [3.8, 4) is 0 Å². The van der Waals surface area contributed by atoms with Crippen LogP contribution in [0.5, 0.6) is 0 Å². The number of alkyl halides is 1. The molecular formula is C30H61ClO2. The number of hydrogen-bond donors (Lipinski definition) is 0. The lowest BCUT2D eigenvalue weighted by Gasteiger charge is -2.26. The Morgan fingerprint density at radius 2 is 0.879 bits per heavy atom. The summed E-state index contributed by atoms with van der Waals surface area (Å²) in [5, 5.41) is 0. The van der Waals surface area contributed by atoms with Crippen molar-refractivity contribution in [1.82, 2.24) is 0 Å². The van der Waals surface area contributed by atoms with Gasteiger partial charge in [0.25, 0.3) is 0 Å². The first-order valence-electron chi connectivity index (χ1n) is 14.4. The van der Waals surface area contributed by atoms with Gasteiger partial charge in [0.1, 0.15) is 6.79 Å². The van der Waals surface area contributed by atoms with Crippen molar-refractivity contribution in [2.45, 2.75) is 126 Å². The maximum Gasteiger partial charge on any atom is 0.146 e. The highest BCUT2D eigenvalue weighted by atomic mass is 35.5. The lowest BCUT2D eigenvalue weighted by atomic mass is 9.80. The summed E-state index contributed by atoms with van der Waals surface area (Å²) in [6.45, 7) is 21.4. The van der Waals surface area contributed by atoms with Gasteiger partial charge in [-0.05, 0) is 112 Å². The lowest BCUT2D eigenvalue weighted by molar-refractivity contribution is -0.0549. The van der Waals surface area contributed by atoms with E-state index >= 15 is 0 Å². The second-order valence-electron chi connectivity index (χ2n) is 12.1. The van der Waals surface area contributed by atoms with Crippen LogP contribution in [0.25, 0.3) is 0 Å². The van der Waals surface area contributed by atoms with E-state index in [1.165, 1.54) is 57.8 Å². The molecule has 0 aromatic rings. The van der Waals surface area contributed by atoms with Gasteiger partial charge in [0, 0.05) is 19.1 Å². The molecule has 0 heterocycles. The van der Waals surface area contributed by atoms with Crippen LogP contribution in [0.4, 0.5) is 0 Å².